The van der Waals surface area contributed by atoms with Gasteiger partial charge in [-0.25, -0.2) is 9.07 Å². The number of aromatic nitrogens is 3. The van der Waals surface area contributed by atoms with Gasteiger partial charge in [-0.15, -0.1) is 12.4 Å². The molecular weight excluding hydrogens is 427 g/mol. The van der Waals surface area contributed by atoms with Gasteiger partial charge in [0.15, 0.2) is 0 Å². The second kappa shape index (κ2) is 8.96. The minimum Gasteiger partial charge on any atom is -0.494 e. The Hall–Kier alpha value is -2.83. The van der Waals surface area contributed by atoms with Crippen molar-refractivity contribution in [2.75, 3.05) is 13.7 Å². The molecule has 7 heteroatoms. The average molecular weight is 455 g/mol. The number of nitrogens with one attached hydrogen (secondary N) is 2. The van der Waals surface area contributed by atoms with E-state index in [2.05, 4.69) is 42.3 Å². The Balaban J connectivity index is 0.00000245. The fourth-order valence-electron chi connectivity index (χ4n) is 4.78. The van der Waals surface area contributed by atoms with Crippen LogP contribution >= 0.6 is 12.4 Å². The monoisotopic (exact) mass is 454 g/mol. The van der Waals surface area contributed by atoms with E-state index >= 15 is 4.39 Å². The van der Waals surface area contributed by atoms with Crippen LogP contribution in [0.5, 0.6) is 5.75 Å². The van der Waals surface area contributed by atoms with Gasteiger partial charge in [0.1, 0.15) is 11.6 Å². The number of methoxy groups -OCH3 is 1. The molecule has 0 saturated heterocycles. The van der Waals surface area contributed by atoms with Crippen LogP contribution in [0.4, 0.5) is 4.39 Å². The lowest BCUT2D eigenvalue weighted by molar-refractivity contribution is 0.416. The van der Waals surface area contributed by atoms with E-state index in [1.807, 2.05) is 16.9 Å². The van der Waals surface area contributed by atoms with E-state index in [1.54, 1.807) is 7.11 Å². The van der Waals surface area contributed by atoms with Gasteiger partial charge >= 0.3 is 0 Å². The molecule has 168 valence electrons. The van der Waals surface area contributed by atoms with Crippen molar-refractivity contribution >= 4 is 23.3 Å². The van der Waals surface area contributed by atoms with Crippen molar-refractivity contribution in [2.24, 2.45) is 0 Å². The van der Waals surface area contributed by atoms with Crippen LogP contribution in [0.15, 0.2) is 36.5 Å². The molecule has 2 aromatic heterocycles. The van der Waals surface area contributed by atoms with Gasteiger partial charge in [-0.1, -0.05) is 32.0 Å². The number of fused-ring (bicyclic) bond motifs is 2. The number of nitrogens with zero attached hydrogens (tertiary/aromatic N) is 2. The first-order chi connectivity index (χ1) is 15.2. The zero-order valence-electron chi connectivity index (χ0n) is 18.6. The zero-order chi connectivity index (χ0) is 21.5. The first kappa shape index (κ1) is 22.4. The predicted octanol–water partition coefficient (Wildman–Crippen LogP) is 5.36. The molecule has 4 aromatic rings. The van der Waals surface area contributed by atoms with Crippen LogP contribution in [0.25, 0.3) is 27.8 Å². The van der Waals surface area contributed by atoms with E-state index < -0.39 is 0 Å². The number of rotatable bonds is 5. The van der Waals surface area contributed by atoms with Crippen LogP contribution < -0.4 is 10.1 Å². The fourth-order valence-corrected chi connectivity index (χ4v) is 4.78. The first-order valence-electron chi connectivity index (χ1n) is 10.9. The molecule has 0 unspecified atom stereocenters. The lowest BCUT2D eigenvalue weighted by Gasteiger charge is -2.19. The van der Waals surface area contributed by atoms with Crippen LogP contribution in [0, 0.1) is 5.82 Å². The maximum atomic E-state index is 15.7. The molecule has 2 N–H and O–H groups in total. The van der Waals surface area contributed by atoms with Gasteiger partial charge in [0, 0.05) is 48.3 Å². The Kier molecular flexibility index (Phi) is 6.26. The molecule has 5 nitrogen and oxygen atoms in total. The molecule has 1 aliphatic heterocycles. The molecule has 0 radical (unpaired) electrons. The number of H-pyrrole nitrogens is 1. The van der Waals surface area contributed by atoms with Crippen LogP contribution in [-0.2, 0) is 25.8 Å². The minimum absolute atomic E-state index is 0. The van der Waals surface area contributed by atoms with E-state index in [0.717, 1.165) is 59.3 Å². The molecule has 0 fully saturated rings. The summed E-state index contributed by atoms with van der Waals surface area (Å²) in [5.74, 6) is 0.202. The molecule has 5 rings (SSSR count). The molecule has 0 amide bonds. The summed E-state index contributed by atoms with van der Waals surface area (Å²) in [7, 11) is 1.57. The summed E-state index contributed by atoms with van der Waals surface area (Å²) in [5.41, 5.74) is 7.83. The zero-order valence-corrected chi connectivity index (χ0v) is 19.4. The molecule has 0 bridgehead atoms. The molecular formula is C25H28ClFN4O. The highest BCUT2D eigenvalue weighted by molar-refractivity contribution is 5.99. The number of aryl methyl sites for hydroxylation is 2. The van der Waals surface area contributed by atoms with E-state index in [0.29, 0.717) is 17.9 Å². The van der Waals surface area contributed by atoms with Crippen molar-refractivity contribution in [1.82, 2.24) is 20.1 Å². The topological polar surface area (TPSA) is 54.9 Å². The Bertz CT molecular complexity index is 1250. The van der Waals surface area contributed by atoms with Gasteiger partial charge in [-0.3, -0.25) is 0 Å². The predicted molar refractivity (Wildman–Crippen MR) is 129 cm³/mol. The lowest BCUT2D eigenvalue weighted by atomic mass is 9.97. The van der Waals surface area contributed by atoms with Gasteiger partial charge in [0.05, 0.1) is 29.7 Å². The fraction of sp³-hybridized carbons (Fsp3) is 0.320. The Morgan fingerprint density at radius 2 is 1.91 bits per heavy atom. The summed E-state index contributed by atoms with van der Waals surface area (Å²) in [5, 5.41) is 9.31. The first-order valence-corrected chi connectivity index (χ1v) is 10.9. The Morgan fingerprint density at radius 1 is 1.16 bits per heavy atom. The third-order valence-electron chi connectivity index (χ3n) is 6.30. The average Bonchev–Trinajstić information content (AvgIpc) is 3.43. The summed E-state index contributed by atoms with van der Waals surface area (Å²) >= 11 is 0. The van der Waals surface area contributed by atoms with Crippen molar-refractivity contribution in [3.8, 4) is 22.7 Å². The molecule has 32 heavy (non-hydrogen) atoms. The van der Waals surface area contributed by atoms with E-state index in [9.17, 15) is 0 Å². The highest BCUT2D eigenvalue weighted by atomic mass is 35.5. The number of hydrogen-bond acceptors (Lipinski definition) is 3. The Morgan fingerprint density at radius 3 is 2.59 bits per heavy atom. The maximum absolute atomic E-state index is 15.7. The molecule has 0 saturated carbocycles. The molecule has 0 atom stereocenters. The SMILES string of the molecule is CCc1cccc(CC)c1-n1nc2c(c1-c1c(F)cc(OC)c3[nH]ccc13)CNCC2.Cl. The van der Waals surface area contributed by atoms with Crippen LogP contribution in [0.2, 0.25) is 0 Å². The van der Waals surface area contributed by atoms with Crippen LogP contribution in [0.1, 0.15) is 36.2 Å². The molecule has 3 heterocycles. The van der Waals surface area contributed by atoms with E-state index in [4.69, 9.17) is 9.84 Å². The van der Waals surface area contributed by atoms with Crippen molar-refractivity contribution in [3.63, 3.8) is 0 Å². The quantitative estimate of drug-likeness (QED) is 0.426. The lowest BCUT2D eigenvalue weighted by Crippen LogP contribution is -2.23. The van der Waals surface area contributed by atoms with Crippen molar-refractivity contribution in [1.29, 1.82) is 0 Å². The normalized spacial score (nSPS) is 13.1. The second-order valence-electron chi connectivity index (χ2n) is 7.95. The number of hydrogen-bond donors (Lipinski definition) is 2. The van der Waals surface area contributed by atoms with Gasteiger partial charge < -0.3 is 15.0 Å². The summed E-state index contributed by atoms with van der Waals surface area (Å²) in [6.45, 7) is 5.87. The maximum Gasteiger partial charge on any atom is 0.145 e. The van der Waals surface area contributed by atoms with Crippen molar-refractivity contribution < 1.29 is 9.13 Å². The minimum atomic E-state index is -0.300. The molecule has 1 aliphatic rings. The Labute approximate surface area is 193 Å². The molecule has 0 spiro atoms. The van der Waals surface area contributed by atoms with Gasteiger partial charge in [-0.2, -0.15) is 5.10 Å². The van der Waals surface area contributed by atoms with Gasteiger partial charge in [0.2, 0.25) is 0 Å². The standard InChI is InChI=1S/C25H27FN4O.ClH/c1-4-15-7-6-8-16(5-2)24(15)30-25(18-14-27-11-10-20(18)29-30)22-17-9-12-28-23(17)21(31-3)13-19(22)26;/h6-9,12-13,27-28H,4-5,10-11,14H2,1-3H3;1H. The number of aromatic amines is 1. The molecule has 0 aliphatic carbocycles. The highest BCUT2D eigenvalue weighted by Gasteiger charge is 2.28. The van der Waals surface area contributed by atoms with Gasteiger partial charge in [0.25, 0.3) is 0 Å². The van der Waals surface area contributed by atoms with Crippen LogP contribution in [-0.4, -0.2) is 28.4 Å². The largest absolute Gasteiger partial charge is 0.494 e. The van der Waals surface area contributed by atoms with Crippen molar-refractivity contribution in [3.05, 3.63) is 64.7 Å². The van der Waals surface area contributed by atoms with Crippen molar-refractivity contribution in [2.45, 2.75) is 39.7 Å². The number of para-hydroxylation sites is 1. The van der Waals surface area contributed by atoms with Crippen LogP contribution in [0.3, 0.4) is 0 Å². The summed E-state index contributed by atoms with van der Waals surface area (Å²) < 4.78 is 23.1. The number of halogens is 2. The highest BCUT2D eigenvalue weighted by Crippen LogP contribution is 2.41. The van der Waals surface area contributed by atoms with E-state index in [1.165, 1.54) is 17.2 Å². The third-order valence-corrected chi connectivity index (χ3v) is 6.30. The van der Waals surface area contributed by atoms with E-state index in [-0.39, 0.29) is 18.2 Å². The summed E-state index contributed by atoms with van der Waals surface area (Å²) in [6, 6.07) is 9.79. The smallest absolute Gasteiger partial charge is 0.145 e. The second-order valence-corrected chi connectivity index (χ2v) is 7.95. The summed E-state index contributed by atoms with van der Waals surface area (Å²) in [6.07, 6.45) is 4.43. The third kappa shape index (κ3) is 3.38. The number of benzene rings is 2. The number of ether oxygens (including phenoxy) is 1. The summed E-state index contributed by atoms with van der Waals surface area (Å²) in [4.78, 5) is 3.22. The van der Waals surface area contributed by atoms with Gasteiger partial charge in [-0.05, 0) is 30.0 Å². The molecule has 2 aromatic carbocycles.